The van der Waals surface area contributed by atoms with E-state index in [-0.39, 0.29) is 47.0 Å². The molecule has 12 nitrogen and oxygen atoms in total. The van der Waals surface area contributed by atoms with Gasteiger partial charge in [-0.15, -0.1) is 12.4 Å². The summed E-state index contributed by atoms with van der Waals surface area (Å²) in [6.45, 7) is 2.13. The molecule has 0 aromatic heterocycles. The van der Waals surface area contributed by atoms with Crippen molar-refractivity contribution in [2.45, 2.75) is 57.2 Å². The standard InChI is InChI=1S/C22H32N6O4.ClH.2H2O/c1-15(30)26-18(13-16-7-3-2-4-8-16)21(32)28-12-6-10-19(28)20(31)27-17(14-29)9-5-11-25-22(23)24;;;/h2-4,7-8,14,17-19H,5-6,9-13H2,1H3,(H,26,30)(H,27,31)(H4,23,24,25);1H;2*1H2/t17-,18+,19-;;;/m0.../s1. The second kappa shape index (κ2) is 17.2. The molecule has 0 aliphatic carbocycles. The van der Waals surface area contributed by atoms with Crippen LogP contribution >= 0.6 is 12.4 Å². The molecule has 1 aliphatic heterocycles. The van der Waals surface area contributed by atoms with Crippen LogP contribution in [0, 0.1) is 0 Å². The Labute approximate surface area is 210 Å². The van der Waals surface area contributed by atoms with Crippen molar-refractivity contribution in [1.82, 2.24) is 15.5 Å². The first-order chi connectivity index (χ1) is 15.3. The number of hydrogen-bond acceptors (Lipinski definition) is 5. The fraction of sp³-hybridized carbons (Fsp3) is 0.500. The molecule has 1 fully saturated rings. The number of carbonyl (C=O) groups excluding carboxylic acids is 4. The molecule has 1 aliphatic rings. The van der Waals surface area contributed by atoms with E-state index in [1.807, 2.05) is 30.3 Å². The molecule has 13 heteroatoms. The first-order valence-electron chi connectivity index (χ1n) is 10.7. The van der Waals surface area contributed by atoms with Crippen LogP contribution in [-0.2, 0) is 25.6 Å². The van der Waals surface area contributed by atoms with Crippen LogP contribution in [0.5, 0.6) is 0 Å². The summed E-state index contributed by atoms with van der Waals surface area (Å²) >= 11 is 0. The number of nitrogens with one attached hydrogen (secondary N) is 2. The third kappa shape index (κ3) is 11.2. The van der Waals surface area contributed by atoms with Gasteiger partial charge in [0.2, 0.25) is 17.7 Å². The summed E-state index contributed by atoms with van der Waals surface area (Å²) in [4.78, 5) is 54.6. The predicted octanol–water partition coefficient (Wildman–Crippen LogP) is -1.77. The van der Waals surface area contributed by atoms with E-state index < -0.39 is 18.1 Å². The lowest BCUT2D eigenvalue weighted by atomic mass is 10.0. The molecule has 0 spiro atoms. The highest BCUT2D eigenvalue weighted by atomic mass is 35.5. The number of nitrogens with zero attached hydrogens (tertiary/aromatic N) is 2. The molecule has 1 aromatic rings. The van der Waals surface area contributed by atoms with E-state index in [1.54, 1.807) is 0 Å². The predicted molar refractivity (Wildman–Crippen MR) is 135 cm³/mol. The zero-order chi connectivity index (χ0) is 23.5. The minimum atomic E-state index is -0.773. The molecule has 2 rings (SSSR count). The van der Waals surface area contributed by atoms with Crippen molar-refractivity contribution in [2.75, 3.05) is 13.1 Å². The number of rotatable bonds is 11. The first-order valence-corrected chi connectivity index (χ1v) is 10.7. The van der Waals surface area contributed by atoms with Crippen LogP contribution in [0.1, 0.15) is 38.2 Å². The minimum Gasteiger partial charge on any atom is -0.412 e. The number of hydrogen-bond donors (Lipinski definition) is 4. The van der Waals surface area contributed by atoms with E-state index in [9.17, 15) is 19.2 Å². The molecule has 0 bridgehead atoms. The number of nitrogens with two attached hydrogens (primary N) is 2. The summed E-state index contributed by atoms with van der Waals surface area (Å²) < 4.78 is 0. The lowest BCUT2D eigenvalue weighted by Gasteiger charge is -2.29. The van der Waals surface area contributed by atoms with Gasteiger partial charge < -0.3 is 42.7 Å². The van der Waals surface area contributed by atoms with Gasteiger partial charge in [-0.25, -0.2) is 0 Å². The molecule has 1 heterocycles. The average Bonchev–Trinajstić information content (AvgIpc) is 3.25. The summed E-state index contributed by atoms with van der Waals surface area (Å²) in [5.41, 5.74) is 11.5. The summed E-state index contributed by atoms with van der Waals surface area (Å²) in [6, 6.07) is 7.22. The molecule has 0 unspecified atom stereocenters. The summed E-state index contributed by atoms with van der Waals surface area (Å²) in [6.07, 6.45) is 3.06. The van der Waals surface area contributed by atoms with Crippen molar-refractivity contribution >= 4 is 42.4 Å². The lowest BCUT2D eigenvalue weighted by molar-refractivity contribution is -0.141. The molecule has 3 amide bonds. The van der Waals surface area contributed by atoms with E-state index in [0.29, 0.717) is 51.5 Å². The Morgan fingerprint density at radius 2 is 1.83 bits per heavy atom. The highest BCUT2D eigenvalue weighted by Gasteiger charge is 2.38. The van der Waals surface area contributed by atoms with Crippen molar-refractivity contribution in [3.05, 3.63) is 35.9 Å². The topological polar surface area (TPSA) is 223 Å². The van der Waals surface area contributed by atoms with E-state index in [0.717, 1.165) is 5.56 Å². The Morgan fingerprint density at radius 1 is 1.17 bits per heavy atom. The molecule has 35 heavy (non-hydrogen) atoms. The zero-order valence-corrected chi connectivity index (χ0v) is 20.6. The largest absolute Gasteiger partial charge is 0.412 e. The second-order valence-corrected chi connectivity index (χ2v) is 7.83. The monoisotopic (exact) mass is 516 g/mol. The van der Waals surface area contributed by atoms with Crippen LogP contribution in [0.3, 0.4) is 0 Å². The minimum absolute atomic E-state index is 0. The van der Waals surface area contributed by atoms with Gasteiger partial charge in [-0.3, -0.25) is 19.4 Å². The fourth-order valence-electron chi connectivity index (χ4n) is 3.77. The van der Waals surface area contributed by atoms with Gasteiger partial charge in [0.25, 0.3) is 0 Å². The summed E-state index contributed by atoms with van der Waals surface area (Å²) in [5.74, 6) is -1.03. The molecule has 3 atom stereocenters. The van der Waals surface area contributed by atoms with Gasteiger partial charge >= 0.3 is 0 Å². The van der Waals surface area contributed by atoms with Crippen molar-refractivity contribution in [3.63, 3.8) is 0 Å². The molecule has 198 valence electrons. The molecular formula is C22H37ClN6O6. The number of benzene rings is 1. The number of amides is 3. The van der Waals surface area contributed by atoms with E-state index in [1.165, 1.54) is 11.8 Å². The Balaban J connectivity index is 0. The van der Waals surface area contributed by atoms with Crippen molar-refractivity contribution in [1.29, 1.82) is 0 Å². The maximum atomic E-state index is 13.3. The fourth-order valence-corrected chi connectivity index (χ4v) is 3.77. The smallest absolute Gasteiger partial charge is 0.246 e. The molecule has 0 radical (unpaired) electrons. The summed E-state index contributed by atoms with van der Waals surface area (Å²) in [7, 11) is 0. The van der Waals surface area contributed by atoms with Crippen LogP contribution in [0.15, 0.2) is 35.3 Å². The lowest BCUT2D eigenvalue weighted by Crippen LogP contribution is -2.55. The van der Waals surface area contributed by atoms with E-state index >= 15 is 0 Å². The quantitative estimate of drug-likeness (QED) is 0.115. The third-order valence-corrected chi connectivity index (χ3v) is 5.26. The van der Waals surface area contributed by atoms with Crippen LogP contribution in [0.25, 0.3) is 0 Å². The van der Waals surface area contributed by atoms with Crippen LogP contribution in [-0.4, -0.2) is 77.0 Å². The zero-order valence-electron chi connectivity index (χ0n) is 19.7. The highest BCUT2D eigenvalue weighted by Crippen LogP contribution is 2.20. The number of guanidine groups is 1. The van der Waals surface area contributed by atoms with Gasteiger partial charge in [0.05, 0.1) is 6.04 Å². The first kappa shape index (κ1) is 34.0. The number of aliphatic imine (C=N–C) groups is 1. The van der Waals surface area contributed by atoms with Crippen molar-refractivity contribution in [2.24, 2.45) is 16.5 Å². The molecule has 1 saturated heterocycles. The SMILES string of the molecule is CC(=O)N[C@H](Cc1ccccc1)C(=O)N1CCC[C@H]1C(=O)N[C@H](C=O)CCCN=C(N)N.Cl.O.O. The van der Waals surface area contributed by atoms with Gasteiger partial charge in [-0.05, 0) is 31.2 Å². The molecule has 10 N–H and O–H groups in total. The van der Waals surface area contributed by atoms with Gasteiger partial charge in [-0.1, -0.05) is 30.3 Å². The van der Waals surface area contributed by atoms with Gasteiger partial charge in [0.1, 0.15) is 18.4 Å². The van der Waals surface area contributed by atoms with Gasteiger partial charge in [0, 0.05) is 26.4 Å². The Kier molecular flexibility index (Phi) is 16.7. The second-order valence-electron chi connectivity index (χ2n) is 7.83. The van der Waals surface area contributed by atoms with E-state index in [4.69, 9.17) is 11.5 Å². The normalized spacial score (nSPS) is 15.7. The maximum absolute atomic E-state index is 13.3. The van der Waals surface area contributed by atoms with Crippen LogP contribution < -0.4 is 22.1 Å². The van der Waals surface area contributed by atoms with Gasteiger partial charge in [0.15, 0.2) is 5.96 Å². The highest BCUT2D eigenvalue weighted by molar-refractivity contribution is 5.93. The molecular weight excluding hydrogens is 480 g/mol. The summed E-state index contributed by atoms with van der Waals surface area (Å²) in [5, 5.41) is 5.42. The maximum Gasteiger partial charge on any atom is 0.246 e. The van der Waals surface area contributed by atoms with Crippen LogP contribution in [0.4, 0.5) is 0 Å². The van der Waals surface area contributed by atoms with Crippen molar-refractivity contribution < 1.29 is 30.1 Å². The number of aldehydes is 1. The van der Waals surface area contributed by atoms with E-state index in [2.05, 4.69) is 15.6 Å². The Hall–Kier alpha value is -3.22. The number of likely N-dealkylation sites (tertiary alicyclic amines) is 1. The van der Waals surface area contributed by atoms with Gasteiger partial charge in [-0.2, -0.15) is 0 Å². The molecule has 0 saturated carbocycles. The number of carbonyl (C=O) groups is 4. The van der Waals surface area contributed by atoms with Crippen LogP contribution in [0.2, 0.25) is 0 Å². The third-order valence-electron chi connectivity index (χ3n) is 5.26. The Bertz CT molecular complexity index is 837. The number of halogens is 1. The average molecular weight is 517 g/mol. The Morgan fingerprint density at radius 3 is 2.40 bits per heavy atom. The van der Waals surface area contributed by atoms with Crippen molar-refractivity contribution in [3.8, 4) is 0 Å². The molecule has 1 aromatic carbocycles.